The Morgan fingerprint density at radius 2 is 1.81 bits per heavy atom. The Kier molecular flexibility index (Phi) is 12.3. The molecule has 1 aromatic heterocycles. The van der Waals surface area contributed by atoms with Gasteiger partial charge in [0.15, 0.2) is 5.82 Å². The van der Waals surface area contributed by atoms with E-state index in [0.29, 0.717) is 74.3 Å². The third-order valence-corrected chi connectivity index (χ3v) is 12.7. The number of carbonyl (C=O) groups is 5. The first-order valence-electron chi connectivity index (χ1n) is 21.3. The summed E-state index contributed by atoms with van der Waals surface area (Å²) >= 11 is 0. The van der Waals surface area contributed by atoms with Crippen molar-refractivity contribution < 1.29 is 42.6 Å². The van der Waals surface area contributed by atoms with Crippen molar-refractivity contribution in [3.8, 4) is 5.75 Å². The van der Waals surface area contributed by atoms with E-state index in [-0.39, 0.29) is 60.2 Å². The molecule has 4 aliphatic heterocycles. The predicted molar refractivity (Wildman–Crippen MR) is 225 cm³/mol. The minimum absolute atomic E-state index is 0.104. The number of carbonyl (C=O) groups excluding carboxylic acids is 5. The number of aromatic nitrogens is 2. The Bertz CT molecular complexity index is 2230. The number of aliphatic hydroxyl groups is 1. The molecule has 1 saturated carbocycles. The number of nitrogens with one attached hydrogen (secondary N) is 4. The van der Waals surface area contributed by atoms with Gasteiger partial charge >= 0.3 is 5.92 Å². The van der Waals surface area contributed by atoms with Crippen LogP contribution in [0, 0.1) is 0 Å². The van der Waals surface area contributed by atoms with Gasteiger partial charge in [-0.05, 0) is 75.3 Å². The van der Waals surface area contributed by atoms with E-state index in [1.807, 2.05) is 11.0 Å². The third-order valence-electron chi connectivity index (χ3n) is 12.7. The average Bonchev–Trinajstić information content (AvgIpc) is 3.91. The molecule has 330 valence electrons. The number of benzene rings is 2. The number of anilines is 5. The molecule has 62 heavy (non-hydrogen) atoms. The zero-order chi connectivity index (χ0) is 43.7. The Morgan fingerprint density at radius 3 is 2.55 bits per heavy atom. The molecule has 0 spiro atoms. The summed E-state index contributed by atoms with van der Waals surface area (Å²) in [6.07, 6.45) is 6.91. The molecular weight excluding hydrogens is 807 g/mol. The van der Waals surface area contributed by atoms with Crippen molar-refractivity contribution in [2.45, 2.75) is 101 Å². The van der Waals surface area contributed by atoms with E-state index in [1.54, 1.807) is 30.3 Å². The van der Waals surface area contributed by atoms with E-state index in [4.69, 9.17) is 4.74 Å². The van der Waals surface area contributed by atoms with E-state index < -0.39 is 36.6 Å². The fourth-order valence-corrected chi connectivity index (χ4v) is 9.21. The summed E-state index contributed by atoms with van der Waals surface area (Å²) in [5.74, 6) is -5.47. The summed E-state index contributed by atoms with van der Waals surface area (Å²) in [4.78, 5) is 78.3. The topological polar surface area (TPSA) is 202 Å². The van der Waals surface area contributed by atoms with Gasteiger partial charge in [0.05, 0.1) is 25.5 Å². The lowest BCUT2D eigenvalue weighted by Crippen LogP contribution is -2.52. The fraction of sp³-hybridized carbons (Fsp3) is 0.512. The number of piperidine rings is 2. The average molecular weight is 859 g/mol. The molecule has 0 bridgehead atoms. The SMILES string of the molecule is COc1cc(C(=O)NC2CCN(C(O)CCCNc3cccc4c3CN(C3CCC(=O)NC3=O)C4=O)CC2)ccc1Nc1ncc2c(n1)N(C1CCCC1)CC(F)(F)C(=O)N2C. The molecule has 5 N–H and O–H groups in total. The van der Waals surface area contributed by atoms with Gasteiger partial charge in [-0.2, -0.15) is 13.8 Å². The number of rotatable bonds is 13. The Balaban J connectivity index is 0.812. The summed E-state index contributed by atoms with van der Waals surface area (Å²) in [7, 11) is 2.77. The van der Waals surface area contributed by atoms with Crippen LogP contribution in [0.25, 0.3) is 0 Å². The van der Waals surface area contributed by atoms with Crippen LogP contribution in [-0.2, 0) is 20.9 Å². The van der Waals surface area contributed by atoms with Crippen molar-refractivity contribution >= 4 is 58.4 Å². The lowest BCUT2D eigenvalue weighted by atomic mass is 10.0. The second-order valence-electron chi connectivity index (χ2n) is 16.6. The second-order valence-corrected chi connectivity index (χ2v) is 16.6. The molecule has 17 nitrogen and oxygen atoms in total. The van der Waals surface area contributed by atoms with Gasteiger partial charge in [0, 0.05) is 74.1 Å². The summed E-state index contributed by atoms with van der Waals surface area (Å²) in [6.45, 7) is 1.25. The van der Waals surface area contributed by atoms with Gasteiger partial charge in [0.2, 0.25) is 17.8 Å². The van der Waals surface area contributed by atoms with Gasteiger partial charge in [0.1, 0.15) is 23.7 Å². The van der Waals surface area contributed by atoms with Gasteiger partial charge in [0.25, 0.3) is 17.7 Å². The number of methoxy groups -OCH3 is 1. The van der Waals surface area contributed by atoms with Crippen LogP contribution in [0.4, 0.5) is 37.6 Å². The number of imide groups is 1. The zero-order valence-corrected chi connectivity index (χ0v) is 34.8. The minimum Gasteiger partial charge on any atom is -0.495 e. The maximum absolute atomic E-state index is 15.0. The van der Waals surface area contributed by atoms with Crippen molar-refractivity contribution in [2.24, 2.45) is 0 Å². The molecular formula is C43H52F2N10O7. The van der Waals surface area contributed by atoms with Crippen LogP contribution < -0.4 is 35.8 Å². The zero-order valence-electron chi connectivity index (χ0n) is 34.8. The maximum Gasteiger partial charge on any atom is 0.342 e. The smallest absolute Gasteiger partial charge is 0.342 e. The van der Waals surface area contributed by atoms with Gasteiger partial charge in [-0.3, -0.25) is 34.2 Å². The normalized spacial score (nSPS) is 21.3. The summed E-state index contributed by atoms with van der Waals surface area (Å²) in [6, 6.07) is 9.38. The minimum atomic E-state index is -3.59. The number of aliphatic hydroxyl groups excluding tert-OH is 1. The summed E-state index contributed by atoms with van der Waals surface area (Å²) in [5.41, 5.74) is 3.18. The first-order valence-corrected chi connectivity index (χ1v) is 21.3. The van der Waals surface area contributed by atoms with Crippen LogP contribution in [0.1, 0.15) is 90.5 Å². The second kappa shape index (κ2) is 17.8. The van der Waals surface area contributed by atoms with Crippen LogP contribution >= 0.6 is 0 Å². The molecule has 3 fully saturated rings. The van der Waals surface area contributed by atoms with E-state index in [9.17, 15) is 29.1 Å². The number of hydrogen-bond acceptors (Lipinski definition) is 13. The maximum atomic E-state index is 15.0. The van der Waals surface area contributed by atoms with Gasteiger partial charge in [-0.25, -0.2) is 4.98 Å². The standard InChI is InChI=1S/C43H52F2N10O7/c1-52-33-22-47-42(51-37(33)55(27-7-3-4-8-27)24-43(44,45)41(52)61)49-31-13-12-25(21-34(31)62-2)38(58)48-26-16-19-53(20-17-26)36(57)11-6-18-46-30-10-5-9-28-29(30)23-54(40(28)60)32-14-15-35(56)50-39(32)59/h5,9-10,12-13,21-22,26-27,32,36,46,57H,3-4,6-8,11,14-20,23-24H2,1-2H3,(H,48,58)(H,47,49,51)(H,50,56,59). The number of hydrogen-bond donors (Lipinski definition) is 5. The van der Waals surface area contributed by atoms with E-state index in [2.05, 4.69) is 31.2 Å². The summed E-state index contributed by atoms with van der Waals surface area (Å²) in [5, 5.41) is 22.9. The molecule has 5 amide bonds. The first-order chi connectivity index (χ1) is 29.8. The molecule has 19 heteroatoms. The van der Waals surface area contributed by atoms with E-state index in [1.165, 1.54) is 30.2 Å². The van der Waals surface area contributed by atoms with Crippen LogP contribution in [0.5, 0.6) is 5.75 Å². The molecule has 8 rings (SSSR count). The summed E-state index contributed by atoms with van der Waals surface area (Å²) < 4.78 is 35.7. The molecule has 3 aromatic rings. The van der Waals surface area contributed by atoms with Gasteiger partial charge in [-0.15, -0.1) is 0 Å². The number of halogens is 2. The number of ether oxygens (including phenoxy) is 1. The fourth-order valence-electron chi connectivity index (χ4n) is 9.21. The highest BCUT2D eigenvalue weighted by molar-refractivity contribution is 6.06. The lowest BCUT2D eigenvalue weighted by molar-refractivity contribution is -0.140. The third kappa shape index (κ3) is 8.72. The van der Waals surface area contributed by atoms with E-state index in [0.717, 1.165) is 41.8 Å². The van der Waals surface area contributed by atoms with Crippen LogP contribution in [0.3, 0.4) is 0 Å². The van der Waals surface area contributed by atoms with Gasteiger partial charge < -0.3 is 40.5 Å². The van der Waals surface area contributed by atoms with Gasteiger partial charge in [-0.1, -0.05) is 18.9 Å². The Morgan fingerprint density at radius 1 is 1.03 bits per heavy atom. The molecule has 5 aliphatic rings. The highest BCUT2D eigenvalue weighted by atomic mass is 19.3. The van der Waals surface area contributed by atoms with Crippen LogP contribution in [-0.4, -0.2) is 125 Å². The number of fused-ring (bicyclic) bond motifs is 2. The number of nitrogens with zero attached hydrogens (tertiary/aromatic N) is 6. The van der Waals surface area contributed by atoms with E-state index >= 15 is 8.78 Å². The Hall–Kier alpha value is -5.95. The quantitative estimate of drug-likeness (QED) is 0.123. The molecule has 0 radical (unpaired) electrons. The lowest BCUT2D eigenvalue weighted by Gasteiger charge is -2.35. The molecule has 2 unspecified atom stereocenters. The van der Waals surface area contributed by atoms with Crippen molar-refractivity contribution in [3.63, 3.8) is 0 Å². The largest absolute Gasteiger partial charge is 0.495 e. The highest BCUT2D eigenvalue weighted by Gasteiger charge is 2.49. The molecule has 2 atom stereocenters. The van der Waals surface area contributed by atoms with Crippen molar-refractivity contribution in [1.29, 1.82) is 0 Å². The first kappa shape index (κ1) is 42.7. The number of amides is 5. The van der Waals surface area contributed by atoms with Crippen LogP contribution in [0.2, 0.25) is 0 Å². The Labute approximate surface area is 357 Å². The molecule has 5 heterocycles. The molecule has 2 saturated heterocycles. The monoisotopic (exact) mass is 858 g/mol. The predicted octanol–water partition coefficient (Wildman–Crippen LogP) is 3.76. The number of alkyl halides is 2. The van der Waals surface area contributed by atoms with Crippen molar-refractivity contribution in [1.82, 2.24) is 30.4 Å². The number of likely N-dealkylation sites (tertiary alicyclic amines) is 1. The van der Waals surface area contributed by atoms with Crippen molar-refractivity contribution in [3.05, 3.63) is 59.3 Å². The molecule has 2 aromatic carbocycles. The van der Waals surface area contributed by atoms with Crippen LogP contribution in [0.15, 0.2) is 42.6 Å². The van der Waals surface area contributed by atoms with Crippen molar-refractivity contribution in [2.75, 3.05) is 60.8 Å². The highest BCUT2D eigenvalue weighted by Crippen LogP contribution is 2.40. The molecule has 1 aliphatic carbocycles.